The van der Waals surface area contributed by atoms with Crippen LogP contribution in [-0.4, -0.2) is 28.9 Å². The number of rotatable bonds is 3. The average molecular weight is 284 g/mol. The molecule has 3 N–H and O–H groups in total. The highest BCUT2D eigenvalue weighted by molar-refractivity contribution is 6.09. The van der Waals surface area contributed by atoms with Crippen molar-refractivity contribution >= 4 is 22.5 Å². The first-order chi connectivity index (χ1) is 10.2. The number of hydrogen-bond acceptors (Lipinski definition) is 4. The van der Waals surface area contributed by atoms with Crippen LogP contribution in [0.3, 0.4) is 0 Å². The smallest absolute Gasteiger partial charge is 0.256 e. The van der Waals surface area contributed by atoms with Gasteiger partial charge in [-0.25, -0.2) is 10.8 Å². The molecule has 1 saturated heterocycles. The maximum absolute atomic E-state index is 12.8. The summed E-state index contributed by atoms with van der Waals surface area (Å²) in [5.41, 5.74) is 3.24. The van der Waals surface area contributed by atoms with Crippen LogP contribution in [-0.2, 0) is 0 Å². The number of nitrogens with two attached hydrogens (primary N) is 1. The molecule has 1 amide bonds. The van der Waals surface area contributed by atoms with Crippen LogP contribution in [0.4, 0.5) is 5.82 Å². The molecule has 110 valence electrons. The third kappa shape index (κ3) is 2.45. The quantitative estimate of drug-likeness (QED) is 0.670. The lowest BCUT2D eigenvalue weighted by molar-refractivity contribution is 0.0788. The lowest BCUT2D eigenvalue weighted by atomic mass is 10.1. The molecule has 5 heteroatoms. The zero-order valence-electron chi connectivity index (χ0n) is 12.2. The van der Waals surface area contributed by atoms with E-state index < -0.39 is 0 Å². The van der Waals surface area contributed by atoms with Gasteiger partial charge in [-0.1, -0.05) is 37.6 Å². The monoisotopic (exact) mass is 284 g/mol. The zero-order valence-corrected chi connectivity index (χ0v) is 12.2. The van der Waals surface area contributed by atoms with Gasteiger partial charge in [-0.3, -0.25) is 4.79 Å². The summed E-state index contributed by atoms with van der Waals surface area (Å²) in [6.45, 7) is 3.86. The van der Waals surface area contributed by atoms with E-state index in [-0.39, 0.29) is 5.91 Å². The van der Waals surface area contributed by atoms with Gasteiger partial charge in [0.15, 0.2) is 0 Å². The first kappa shape index (κ1) is 13.8. The van der Waals surface area contributed by atoms with Crippen molar-refractivity contribution in [2.45, 2.75) is 19.8 Å². The molecule has 1 aliphatic heterocycles. The van der Waals surface area contributed by atoms with Crippen LogP contribution in [0, 0.1) is 5.92 Å². The van der Waals surface area contributed by atoms with Gasteiger partial charge in [0.2, 0.25) is 0 Å². The third-order valence-electron chi connectivity index (χ3n) is 4.31. The molecule has 2 heterocycles. The molecule has 0 bridgehead atoms. The van der Waals surface area contributed by atoms with E-state index in [2.05, 4.69) is 17.3 Å². The number of nitrogens with zero attached hydrogens (tertiary/aromatic N) is 2. The molecule has 1 aromatic carbocycles. The average Bonchev–Trinajstić information content (AvgIpc) is 3.02. The van der Waals surface area contributed by atoms with E-state index in [4.69, 9.17) is 5.84 Å². The topological polar surface area (TPSA) is 71.2 Å². The van der Waals surface area contributed by atoms with E-state index in [9.17, 15) is 4.79 Å². The molecule has 0 radical (unpaired) electrons. The molecule has 1 aliphatic rings. The first-order valence-corrected chi connectivity index (χ1v) is 7.38. The molecular weight excluding hydrogens is 264 g/mol. The number of benzene rings is 1. The highest BCUT2D eigenvalue weighted by Crippen LogP contribution is 2.27. The summed E-state index contributed by atoms with van der Waals surface area (Å²) in [5.74, 6) is 6.78. The van der Waals surface area contributed by atoms with Crippen LogP contribution in [0.25, 0.3) is 10.8 Å². The SMILES string of the molecule is CCC1CCN(C(=O)c2cnc(NN)c3ccccc23)C1. The van der Waals surface area contributed by atoms with Gasteiger partial charge in [0.05, 0.1) is 5.56 Å². The minimum absolute atomic E-state index is 0.0678. The van der Waals surface area contributed by atoms with Gasteiger partial charge in [-0.05, 0) is 17.7 Å². The molecule has 0 spiro atoms. The van der Waals surface area contributed by atoms with Crippen molar-refractivity contribution in [1.29, 1.82) is 0 Å². The molecular formula is C16H20N4O. The minimum atomic E-state index is 0.0678. The Kier molecular flexibility index (Phi) is 3.75. The van der Waals surface area contributed by atoms with Crippen molar-refractivity contribution in [2.24, 2.45) is 11.8 Å². The molecule has 1 aromatic heterocycles. The van der Waals surface area contributed by atoms with Crippen molar-refractivity contribution in [3.63, 3.8) is 0 Å². The predicted molar refractivity (Wildman–Crippen MR) is 83.9 cm³/mol. The number of hydrogen-bond donors (Lipinski definition) is 2. The van der Waals surface area contributed by atoms with Gasteiger partial charge in [0, 0.05) is 24.7 Å². The van der Waals surface area contributed by atoms with Gasteiger partial charge >= 0.3 is 0 Å². The summed E-state index contributed by atoms with van der Waals surface area (Å²) in [7, 11) is 0. The van der Waals surface area contributed by atoms with Crippen molar-refractivity contribution in [1.82, 2.24) is 9.88 Å². The number of nitrogens with one attached hydrogen (secondary N) is 1. The Morgan fingerprint density at radius 3 is 2.86 bits per heavy atom. The fourth-order valence-electron chi connectivity index (χ4n) is 3.00. The summed E-state index contributed by atoms with van der Waals surface area (Å²) in [6.07, 6.45) is 3.84. The molecule has 21 heavy (non-hydrogen) atoms. The number of carbonyl (C=O) groups is 1. The summed E-state index contributed by atoms with van der Waals surface area (Å²) in [6, 6.07) is 7.71. The molecule has 3 rings (SSSR count). The molecule has 1 atom stereocenters. The number of fused-ring (bicyclic) bond motifs is 1. The molecule has 2 aromatic rings. The second-order valence-electron chi connectivity index (χ2n) is 5.52. The van der Waals surface area contributed by atoms with E-state index >= 15 is 0 Å². The highest BCUT2D eigenvalue weighted by Gasteiger charge is 2.27. The van der Waals surface area contributed by atoms with Crippen molar-refractivity contribution < 1.29 is 4.79 Å². The van der Waals surface area contributed by atoms with E-state index in [1.54, 1.807) is 6.20 Å². The molecule has 0 aliphatic carbocycles. The number of carbonyl (C=O) groups excluding carboxylic acids is 1. The Morgan fingerprint density at radius 2 is 2.19 bits per heavy atom. The number of nitrogen functional groups attached to an aromatic ring is 1. The summed E-state index contributed by atoms with van der Waals surface area (Å²) < 4.78 is 0. The van der Waals surface area contributed by atoms with E-state index in [0.29, 0.717) is 17.3 Å². The van der Waals surface area contributed by atoms with Crippen molar-refractivity contribution in [3.8, 4) is 0 Å². The summed E-state index contributed by atoms with van der Waals surface area (Å²) >= 11 is 0. The van der Waals surface area contributed by atoms with Crippen LogP contribution in [0.2, 0.25) is 0 Å². The number of pyridine rings is 1. The van der Waals surface area contributed by atoms with Crippen LogP contribution in [0.5, 0.6) is 0 Å². The highest BCUT2D eigenvalue weighted by atomic mass is 16.2. The van der Waals surface area contributed by atoms with Gasteiger partial charge in [-0.15, -0.1) is 0 Å². The van der Waals surface area contributed by atoms with Crippen molar-refractivity contribution in [3.05, 3.63) is 36.0 Å². The van der Waals surface area contributed by atoms with Gasteiger partial charge in [-0.2, -0.15) is 0 Å². The van der Waals surface area contributed by atoms with Crippen LogP contribution in [0.1, 0.15) is 30.1 Å². The Bertz CT molecular complexity index is 670. The van der Waals surface area contributed by atoms with Gasteiger partial charge in [0.25, 0.3) is 5.91 Å². The maximum atomic E-state index is 12.8. The third-order valence-corrected chi connectivity index (χ3v) is 4.31. The second kappa shape index (κ2) is 5.69. The minimum Gasteiger partial charge on any atom is -0.338 e. The molecule has 0 saturated carbocycles. The number of anilines is 1. The zero-order chi connectivity index (χ0) is 14.8. The normalized spacial score (nSPS) is 18.2. The van der Waals surface area contributed by atoms with Gasteiger partial charge in [0.1, 0.15) is 5.82 Å². The summed E-state index contributed by atoms with van der Waals surface area (Å²) in [5, 5.41) is 1.77. The van der Waals surface area contributed by atoms with Crippen molar-refractivity contribution in [2.75, 3.05) is 18.5 Å². The van der Waals surface area contributed by atoms with E-state index in [1.807, 2.05) is 29.2 Å². The lowest BCUT2D eigenvalue weighted by Crippen LogP contribution is -2.29. The number of likely N-dealkylation sites (tertiary alicyclic amines) is 1. The fraction of sp³-hybridized carbons (Fsp3) is 0.375. The Morgan fingerprint density at radius 1 is 1.43 bits per heavy atom. The second-order valence-corrected chi connectivity index (χ2v) is 5.52. The predicted octanol–water partition coefficient (Wildman–Crippen LogP) is 2.39. The first-order valence-electron chi connectivity index (χ1n) is 7.38. The molecule has 5 nitrogen and oxygen atoms in total. The van der Waals surface area contributed by atoms with Crippen LogP contribution in [0.15, 0.2) is 30.5 Å². The standard InChI is InChI=1S/C16H20N4O/c1-2-11-7-8-20(10-11)16(21)14-9-18-15(19-17)13-6-4-3-5-12(13)14/h3-6,9,11H,2,7-8,10,17H2,1H3,(H,18,19). The fourth-order valence-corrected chi connectivity index (χ4v) is 3.00. The van der Waals surface area contributed by atoms with Gasteiger partial charge < -0.3 is 10.3 Å². The lowest BCUT2D eigenvalue weighted by Gasteiger charge is -2.18. The maximum Gasteiger partial charge on any atom is 0.256 e. The Balaban J connectivity index is 1.99. The number of hydrazine groups is 1. The van der Waals surface area contributed by atoms with Crippen LogP contribution < -0.4 is 11.3 Å². The number of aromatic nitrogens is 1. The van der Waals surface area contributed by atoms with E-state index in [0.717, 1.165) is 36.7 Å². The largest absolute Gasteiger partial charge is 0.338 e. The van der Waals surface area contributed by atoms with Crippen LogP contribution >= 0.6 is 0 Å². The number of amides is 1. The molecule has 1 fully saturated rings. The molecule has 1 unspecified atom stereocenters. The van der Waals surface area contributed by atoms with E-state index in [1.165, 1.54) is 0 Å². The Hall–Kier alpha value is -2.14. The summed E-state index contributed by atoms with van der Waals surface area (Å²) in [4.78, 5) is 19.0. The Labute approximate surface area is 124 Å².